The van der Waals surface area contributed by atoms with Gasteiger partial charge in [-0.05, 0) is 24.6 Å². The van der Waals surface area contributed by atoms with Crippen LogP contribution >= 0.6 is 11.6 Å². The molecule has 0 amide bonds. The van der Waals surface area contributed by atoms with E-state index in [1.165, 1.54) is 6.07 Å². The van der Waals surface area contributed by atoms with Crippen molar-refractivity contribution in [3.63, 3.8) is 0 Å². The lowest BCUT2D eigenvalue weighted by Crippen LogP contribution is -1.90. The molecule has 15 heavy (non-hydrogen) atoms. The smallest absolute Gasteiger partial charge is 0.152 e. The molecule has 0 spiro atoms. The predicted molar refractivity (Wildman–Crippen MR) is 60.6 cm³/mol. The Morgan fingerprint density at radius 2 is 1.93 bits per heavy atom. The van der Waals surface area contributed by atoms with Gasteiger partial charge >= 0.3 is 0 Å². The minimum atomic E-state index is -0.432. The van der Waals surface area contributed by atoms with Crippen LogP contribution in [0.5, 0.6) is 0 Å². The maximum absolute atomic E-state index is 13.2. The molecular formula is C11H12ClFN2. The van der Waals surface area contributed by atoms with Crippen LogP contribution in [0, 0.1) is 12.7 Å². The van der Waals surface area contributed by atoms with Gasteiger partial charge in [0.15, 0.2) is 5.82 Å². The van der Waals surface area contributed by atoms with Gasteiger partial charge in [-0.2, -0.15) is 5.10 Å². The van der Waals surface area contributed by atoms with E-state index in [0.717, 1.165) is 5.56 Å². The summed E-state index contributed by atoms with van der Waals surface area (Å²) >= 11 is 5.71. The third kappa shape index (κ3) is 2.42. The number of halogens is 2. The fourth-order valence-corrected chi connectivity index (χ4v) is 1.42. The zero-order valence-corrected chi connectivity index (χ0v) is 9.64. The lowest BCUT2D eigenvalue weighted by molar-refractivity contribution is 0.635. The molecule has 0 unspecified atom stereocenters. The van der Waals surface area contributed by atoms with Gasteiger partial charge in [0.2, 0.25) is 0 Å². The van der Waals surface area contributed by atoms with Crippen LogP contribution in [0.2, 0.25) is 5.02 Å². The Balaban J connectivity index is 0.000000531. The average Bonchev–Trinajstić information content (AvgIpc) is 2.23. The lowest BCUT2D eigenvalue weighted by atomic mass is 10.1. The molecule has 0 saturated heterocycles. The standard InChI is InChI=1S/C9H6ClFN2.C2H6/c1-5-4-12-13-9-7(5)2-6(10)3-8(9)11;1-2/h2-4H,1H3;1-2H3. The Labute approximate surface area is 93.1 Å². The molecule has 0 aliphatic rings. The summed E-state index contributed by atoms with van der Waals surface area (Å²) in [5, 5.41) is 8.45. The van der Waals surface area contributed by atoms with Gasteiger partial charge < -0.3 is 0 Å². The summed E-state index contributed by atoms with van der Waals surface area (Å²) in [5.41, 5.74) is 1.14. The molecule has 80 valence electrons. The fraction of sp³-hybridized carbons (Fsp3) is 0.273. The third-order valence-corrected chi connectivity index (χ3v) is 2.08. The molecule has 0 atom stereocenters. The Morgan fingerprint density at radius 1 is 1.27 bits per heavy atom. The number of hydrogen-bond donors (Lipinski definition) is 0. The second-order valence-corrected chi connectivity index (χ2v) is 3.25. The summed E-state index contributed by atoms with van der Waals surface area (Å²) in [5.74, 6) is -0.432. The van der Waals surface area contributed by atoms with E-state index >= 15 is 0 Å². The van der Waals surface area contributed by atoms with E-state index in [1.807, 2.05) is 20.8 Å². The fourth-order valence-electron chi connectivity index (χ4n) is 1.21. The van der Waals surface area contributed by atoms with Gasteiger partial charge in [-0.1, -0.05) is 25.4 Å². The number of nitrogens with zero attached hydrogens (tertiary/aromatic N) is 2. The van der Waals surface area contributed by atoms with Crippen molar-refractivity contribution in [3.05, 3.63) is 34.7 Å². The Bertz CT molecular complexity index is 471. The van der Waals surface area contributed by atoms with Crippen molar-refractivity contribution in [1.82, 2.24) is 10.2 Å². The predicted octanol–water partition coefficient (Wildman–Crippen LogP) is 3.76. The first kappa shape index (κ1) is 11.9. The maximum Gasteiger partial charge on any atom is 0.152 e. The highest BCUT2D eigenvalue weighted by Gasteiger charge is 2.06. The molecule has 0 fully saturated rings. The molecule has 4 heteroatoms. The summed E-state index contributed by atoms with van der Waals surface area (Å²) in [6.07, 6.45) is 1.58. The van der Waals surface area contributed by atoms with Crippen LogP contribution in [0.4, 0.5) is 4.39 Å². The van der Waals surface area contributed by atoms with Crippen LogP contribution in [-0.4, -0.2) is 10.2 Å². The summed E-state index contributed by atoms with van der Waals surface area (Å²) < 4.78 is 13.2. The Kier molecular flexibility index (Phi) is 3.97. The van der Waals surface area contributed by atoms with Crippen LogP contribution in [0.1, 0.15) is 19.4 Å². The summed E-state index contributed by atoms with van der Waals surface area (Å²) in [6, 6.07) is 2.92. The van der Waals surface area contributed by atoms with E-state index in [2.05, 4.69) is 10.2 Å². The van der Waals surface area contributed by atoms with Crippen LogP contribution < -0.4 is 0 Å². The zero-order valence-electron chi connectivity index (χ0n) is 8.88. The second kappa shape index (κ2) is 5.03. The van der Waals surface area contributed by atoms with Gasteiger partial charge in [-0.25, -0.2) is 4.39 Å². The topological polar surface area (TPSA) is 25.8 Å². The van der Waals surface area contributed by atoms with Crippen LogP contribution in [0.3, 0.4) is 0 Å². The molecule has 0 N–H and O–H groups in total. The number of rotatable bonds is 0. The highest BCUT2D eigenvalue weighted by Crippen LogP contribution is 2.22. The number of benzene rings is 1. The maximum atomic E-state index is 13.2. The molecule has 1 aromatic heterocycles. The third-order valence-electron chi connectivity index (χ3n) is 1.86. The number of aromatic nitrogens is 2. The number of aryl methyl sites for hydroxylation is 1. The largest absolute Gasteiger partial charge is 0.204 e. The van der Waals surface area contributed by atoms with E-state index < -0.39 is 5.82 Å². The quantitative estimate of drug-likeness (QED) is 0.684. The first-order valence-electron chi connectivity index (χ1n) is 4.75. The highest BCUT2D eigenvalue weighted by atomic mass is 35.5. The molecule has 0 aliphatic carbocycles. The average molecular weight is 227 g/mol. The van der Waals surface area contributed by atoms with E-state index in [4.69, 9.17) is 11.6 Å². The Hall–Kier alpha value is -1.22. The van der Waals surface area contributed by atoms with E-state index in [9.17, 15) is 4.39 Å². The van der Waals surface area contributed by atoms with E-state index in [1.54, 1.807) is 12.3 Å². The SMILES string of the molecule is CC.Cc1cnnc2c(F)cc(Cl)cc12. The van der Waals surface area contributed by atoms with Crippen molar-refractivity contribution in [2.45, 2.75) is 20.8 Å². The number of fused-ring (bicyclic) bond motifs is 1. The molecule has 1 aromatic carbocycles. The molecule has 0 aliphatic heterocycles. The molecule has 1 heterocycles. The van der Waals surface area contributed by atoms with Gasteiger partial charge in [0, 0.05) is 10.4 Å². The van der Waals surface area contributed by atoms with Gasteiger partial charge in [0.1, 0.15) is 5.52 Å². The van der Waals surface area contributed by atoms with Crippen molar-refractivity contribution in [2.24, 2.45) is 0 Å². The zero-order chi connectivity index (χ0) is 11.4. The van der Waals surface area contributed by atoms with Crippen molar-refractivity contribution >= 4 is 22.5 Å². The summed E-state index contributed by atoms with van der Waals surface area (Å²) in [6.45, 7) is 5.84. The molecule has 2 nitrogen and oxygen atoms in total. The van der Waals surface area contributed by atoms with Gasteiger partial charge in [-0.3, -0.25) is 0 Å². The first-order valence-corrected chi connectivity index (χ1v) is 5.13. The molecule has 0 bridgehead atoms. The van der Waals surface area contributed by atoms with E-state index in [0.29, 0.717) is 10.4 Å². The Morgan fingerprint density at radius 3 is 2.60 bits per heavy atom. The van der Waals surface area contributed by atoms with Crippen molar-refractivity contribution in [2.75, 3.05) is 0 Å². The highest BCUT2D eigenvalue weighted by molar-refractivity contribution is 6.31. The molecule has 0 saturated carbocycles. The van der Waals surface area contributed by atoms with Crippen LogP contribution in [0.15, 0.2) is 18.3 Å². The monoisotopic (exact) mass is 226 g/mol. The molecule has 2 rings (SSSR count). The first-order chi connectivity index (χ1) is 7.18. The minimum absolute atomic E-state index is 0.268. The second-order valence-electron chi connectivity index (χ2n) is 2.81. The van der Waals surface area contributed by atoms with Gasteiger partial charge in [0.25, 0.3) is 0 Å². The van der Waals surface area contributed by atoms with Crippen LogP contribution in [0.25, 0.3) is 10.9 Å². The summed E-state index contributed by atoms with van der Waals surface area (Å²) in [7, 11) is 0. The molecule has 2 aromatic rings. The van der Waals surface area contributed by atoms with Gasteiger partial charge in [0.05, 0.1) is 6.20 Å². The van der Waals surface area contributed by atoms with Crippen LogP contribution in [-0.2, 0) is 0 Å². The number of hydrogen-bond acceptors (Lipinski definition) is 2. The van der Waals surface area contributed by atoms with Crippen molar-refractivity contribution < 1.29 is 4.39 Å². The van der Waals surface area contributed by atoms with E-state index in [-0.39, 0.29) is 5.52 Å². The molecule has 0 radical (unpaired) electrons. The minimum Gasteiger partial charge on any atom is -0.204 e. The lowest BCUT2D eigenvalue weighted by Gasteiger charge is -2.01. The van der Waals surface area contributed by atoms with Gasteiger partial charge in [-0.15, -0.1) is 5.10 Å². The summed E-state index contributed by atoms with van der Waals surface area (Å²) in [4.78, 5) is 0. The van der Waals surface area contributed by atoms with Crippen molar-refractivity contribution in [3.8, 4) is 0 Å². The molecular weight excluding hydrogens is 215 g/mol. The normalized spacial score (nSPS) is 9.67. The van der Waals surface area contributed by atoms with Crippen molar-refractivity contribution in [1.29, 1.82) is 0 Å².